The molecule has 5 nitrogen and oxygen atoms in total. The van der Waals surface area contributed by atoms with Crippen LogP contribution in [-0.2, 0) is 4.79 Å². The van der Waals surface area contributed by atoms with Gasteiger partial charge in [0.15, 0.2) is 6.61 Å². The molecule has 0 atom stereocenters. The Labute approximate surface area is 99.6 Å². The highest BCUT2D eigenvalue weighted by molar-refractivity contribution is 5.77. The smallest absolute Gasteiger partial charge is 0.257 e. The number of phenols is 1. The van der Waals surface area contributed by atoms with E-state index in [2.05, 4.69) is 5.32 Å². The molecule has 90 valence electrons. The summed E-state index contributed by atoms with van der Waals surface area (Å²) in [6, 6.07) is 6.68. The minimum Gasteiger partial charge on any atom is -0.508 e. The number of phenolic OH excluding ortho intramolecular Hbond substituents is 1. The molecule has 1 rings (SSSR count). The van der Waals surface area contributed by atoms with Crippen LogP contribution in [0.4, 0.5) is 0 Å². The number of ether oxygens (including phenoxy) is 1. The zero-order chi connectivity index (χ0) is 12.7. The quantitative estimate of drug-likeness (QED) is 0.747. The first-order valence-corrected chi connectivity index (χ1v) is 5.19. The summed E-state index contributed by atoms with van der Waals surface area (Å²) < 4.78 is 5.21. The van der Waals surface area contributed by atoms with Gasteiger partial charge < -0.3 is 15.2 Å². The highest BCUT2D eigenvalue weighted by atomic mass is 16.5. The minimum atomic E-state index is -0.291. The van der Waals surface area contributed by atoms with E-state index in [0.717, 1.165) is 5.56 Å². The predicted molar refractivity (Wildman–Crippen MR) is 61.6 cm³/mol. The van der Waals surface area contributed by atoms with Gasteiger partial charge in [-0.15, -0.1) is 0 Å². The maximum absolute atomic E-state index is 11.3. The third kappa shape index (κ3) is 4.89. The van der Waals surface area contributed by atoms with Crippen molar-refractivity contribution < 1.29 is 14.6 Å². The number of nitrogens with one attached hydrogen (secondary N) is 1. The number of amides is 1. The van der Waals surface area contributed by atoms with E-state index >= 15 is 0 Å². The number of carbonyl (C=O) groups excluding carboxylic acids is 1. The molecule has 0 aliphatic carbocycles. The second kappa shape index (κ2) is 6.38. The molecule has 0 spiro atoms. The standard InChI is InChI=1S/C12H14N2O3/c1-9-5-10(15)7-11(6-9)17-8-12(16)14-4-2-3-13/h5-7,15H,2,4,8H2,1H3,(H,14,16). The van der Waals surface area contributed by atoms with Crippen LogP contribution in [0.2, 0.25) is 0 Å². The van der Waals surface area contributed by atoms with Gasteiger partial charge in [-0.25, -0.2) is 0 Å². The van der Waals surface area contributed by atoms with Crippen molar-refractivity contribution in [1.82, 2.24) is 5.32 Å². The van der Waals surface area contributed by atoms with E-state index in [1.807, 2.05) is 13.0 Å². The molecule has 0 bridgehead atoms. The van der Waals surface area contributed by atoms with E-state index in [4.69, 9.17) is 10.00 Å². The van der Waals surface area contributed by atoms with Gasteiger partial charge in [-0.05, 0) is 24.6 Å². The van der Waals surface area contributed by atoms with Gasteiger partial charge in [0.1, 0.15) is 11.5 Å². The number of nitrogens with zero attached hydrogens (tertiary/aromatic N) is 1. The lowest BCUT2D eigenvalue weighted by atomic mass is 10.2. The topological polar surface area (TPSA) is 82.3 Å². The van der Waals surface area contributed by atoms with Crippen LogP contribution in [-0.4, -0.2) is 24.2 Å². The summed E-state index contributed by atoms with van der Waals surface area (Å²) >= 11 is 0. The van der Waals surface area contributed by atoms with E-state index in [9.17, 15) is 9.90 Å². The molecule has 1 amide bonds. The van der Waals surface area contributed by atoms with Gasteiger partial charge in [0.2, 0.25) is 0 Å². The zero-order valence-electron chi connectivity index (χ0n) is 9.56. The van der Waals surface area contributed by atoms with Crippen LogP contribution in [0.25, 0.3) is 0 Å². The molecule has 0 aliphatic rings. The normalized spacial score (nSPS) is 9.41. The first kappa shape index (κ1) is 12.8. The highest BCUT2D eigenvalue weighted by Crippen LogP contribution is 2.20. The largest absolute Gasteiger partial charge is 0.508 e. The molecule has 0 aromatic heterocycles. The Kier molecular flexibility index (Phi) is 4.82. The molecule has 0 saturated heterocycles. The molecule has 5 heteroatoms. The molecule has 17 heavy (non-hydrogen) atoms. The van der Waals surface area contributed by atoms with E-state index in [1.165, 1.54) is 6.07 Å². The van der Waals surface area contributed by atoms with Gasteiger partial charge in [-0.2, -0.15) is 5.26 Å². The molecule has 0 heterocycles. The second-order valence-corrected chi connectivity index (χ2v) is 3.55. The summed E-state index contributed by atoms with van der Waals surface area (Å²) in [6.45, 7) is 2.01. The van der Waals surface area contributed by atoms with Crippen LogP contribution in [0.5, 0.6) is 11.5 Å². The molecule has 1 aromatic rings. The van der Waals surface area contributed by atoms with E-state index in [1.54, 1.807) is 12.1 Å². The Bertz CT molecular complexity index is 418. The van der Waals surface area contributed by atoms with Crippen molar-refractivity contribution in [2.45, 2.75) is 13.3 Å². The van der Waals surface area contributed by atoms with Crippen LogP contribution in [0.1, 0.15) is 12.0 Å². The third-order valence-corrected chi connectivity index (χ3v) is 1.96. The summed E-state index contributed by atoms with van der Waals surface area (Å²) in [5.41, 5.74) is 0.852. The van der Waals surface area contributed by atoms with Gasteiger partial charge in [0, 0.05) is 12.6 Å². The Hall–Kier alpha value is -2.22. The predicted octanol–water partition coefficient (Wildman–Crippen LogP) is 1.11. The van der Waals surface area contributed by atoms with Gasteiger partial charge in [-0.3, -0.25) is 4.79 Å². The molecule has 0 fully saturated rings. The highest BCUT2D eigenvalue weighted by Gasteiger charge is 2.03. The lowest BCUT2D eigenvalue weighted by Gasteiger charge is -2.07. The summed E-state index contributed by atoms with van der Waals surface area (Å²) in [4.78, 5) is 11.3. The van der Waals surface area contributed by atoms with Crippen LogP contribution < -0.4 is 10.1 Å². The number of aryl methyl sites for hydroxylation is 1. The van der Waals surface area contributed by atoms with Crippen LogP contribution in [0, 0.1) is 18.3 Å². The van der Waals surface area contributed by atoms with Crippen molar-refractivity contribution in [3.8, 4) is 17.6 Å². The SMILES string of the molecule is Cc1cc(O)cc(OCC(=O)NCCC#N)c1. The van der Waals surface area contributed by atoms with Gasteiger partial charge in [0.25, 0.3) is 5.91 Å². The molecular weight excluding hydrogens is 220 g/mol. The summed E-state index contributed by atoms with van der Waals surface area (Å²) in [7, 11) is 0. The number of aromatic hydroxyl groups is 1. The van der Waals surface area contributed by atoms with Crippen molar-refractivity contribution in [2.24, 2.45) is 0 Å². The fourth-order valence-corrected chi connectivity index (χ4v) is 1.27. The molecule has 0 saturated carbocycles. The summed E-state index contributed by atoms with van der Waals surface area (Å²) in [5.74, 6) is 0.254. The van der Waals surface area contributed by atoms with Crippen molar-refractivity contribution in [1.29, 1.82) is 5.26 Å². The lowest BCUT2D eigenvalue weighted by Crippen LogP contribution is -2.29. The third-order valence-electron chi connectivity index (χ3n) is 1.96. The fourth-order valence-electron chi connectivity index (χ4n) is 1.27. The first-order valence-electron chi connectivity index (χ1n) is 5.19. The Morgan fingerprint density at radius 3 is 2.94 bits per heavy atom. The van der Waals surface area contributed by atoms with Crippen LogP contribution in [0.3, 0.4) is 0 Å². The summed E-state index contributed by atoms with van der Waals surface area (Å²) in [6.07, 6.45) is 0.275. The average molecular weight is 234 g/mol. The number of benzene rings is 1. The first-order chi connectivity index (χ1) is 8.11. The Balaban J connectivity index is 2.39. The molecule has 1 aromatic carbocycles. The molecule has 0 aliphatic heterocycles. The molecule has 0 radical (unpaired) electrons. The molecule has 0 unspecified atom stereocenters. The summed E-state index contributed by atoms with van der Waals surface area (Å²) in [5, 5.41) is 20.1. The number of hydrogen-bond acceptors (Lipinski definition) is 4. The zero-order valence-corrected chi connectivity index (χ0v) is 9.56. The van der Waals surface area contributed by atoms with Gasteiger partial charge in [0.05, 0.1) is 12.5 Å². The molecule has 2 N–H and O–H groups in total. The minimum absolute atomic E-state index is 0.102. The molecular formula is C12H14N2O3. The Morgan fingerprint density at radius 1 is 1.53 bits per heavy atom. The monoisotopic (exact) mass is 234 g/mol. The average Bonchev–Trinajstić information content (AvgIpc) is 2.25. The number of rotatable bonds is 5. The second-order valence-electron chi connectivity index (χ2n) is 3.55. The van der Waals surface area contributed by atoms with E-state index in [0.29, 0.717) is 12.3 Å². The van der Waals surface area contributed by atoms with E-state index in [-0.39, 0.29) is 24.7 Å². The van der Waals surface area contributed by atoms with Gasteiger partial charge in [-0.1, -0.05) is 0 Å². The van der Waals surface area contributed by atoms with Crippen LogP contribution in [0.15, 0.2) is 18.2 Å². The van der Waals surface area contributed by atoms with Crippen molar-refractivity contribution >= 4 is 5.91 Å². The maximum atomic E-state index is 11.3. The van der Waals surface area contributed by atoms with Gasteiger partial charge >= 0.3 is 0 Å². The van der Waals surface area contributed by atoms with Crippen LogP contribution >= 0.6 is 0 Å². The number of carbonyl (C=O) groups is 1. The van der Waals surface area contributed by atoms with Crippen molar-refractivity contribution in [3.05, 3.63) is 23.8 Å². The lowest BCUT2D eigenvalue weighted by molar-refractivity contribution is -0.123. The number of hydrogen-bond donors (Lipinski definition) is 2. The number of nitriles is 1. The van der Waals surface area contributed by atoms with Crippen molar-refractivity contribution in [2.75, 3.05) is 13.2 Å². The fraction of sp³-hybridized carbons (Fsp3) is 0.333. The van der Waals surface area contributed by atoms with E-state index < -0.39 is 0 Å². The Morgan fingerprint density at radius 2 is 2.29 bits per heavy atom. The van der Waals surface area contributed by atoms with Crippen molar-refractivity contribution in [3.63, 3.8) is 0 Å². The maximum Gasteiger partial charge on any atom is 0.257 e.